The van der Waals surface area contributed by atoms with Crippen molar-refractivity contribution in [3.63, 3.8) is 0 Å². The first-order chi connectivity index (χ1) is 8.18. The zero-order valence-corrected chi connectivity index (χ0v) is 10.6. The average molecular weight is 234 g/mol. The molecule has 1 aliphatic rings. The molecule has 0 atom stereocenters. The number of pyridine rings is 1. The maximum Gasteiger partial charge on any atom is 0.0771 e. The van der Waals surface area contributed by atoms with E-state index in [0.29, 0.717) is 6.54 Å². The fourth-order valence-electron chi connectivity index (χ4n) is 2.43. The van der Waals surface area contributed by atoms with Crippen molar-refractivity contribution in [1.82, 2.24) is 10.3 Å². The maximum atomic E-state index is 10.3. The molecule has 3 heteroatoms. The van der Waals surface area contributed by atoms with Crippen LogP contribution in [0.4, 0.5) is 0 Å². The number of aryl methyl sites for hydroxylation is 1. The summed E-state index contributed by atoms with van der Waals surface area (Å²) >= 11 is 0. The van der Waals surface area contributed by atoms with Gasteiger partial charge in [0.15, 0.2) is 0 Å². The van der Waals surface area contributed by atoms with Crippen LogP contribution in [-0.2, 0) is 6.54 Å². The molecule has 0 spiro atoms. The van der Waals surface area contributed by atoms with Crippen molar-refractivity contribution in [3.8, 4) is 0 Å². The van der Waals surface area contributed by atoms with Crippen molar-refractivity contribution in [2.45, 2.75) is 51.2 Å². The lowest BCUT2D eigenvalue weighted by molar-refractivity contribution is 0.00467. The Morgan fingerprint density at radius 3 is 2.71 bits per heavy atom. The molecule has 0 radical (unpaired) electrons. The second-order valence-electron chi connectivity index (χ2n) is 5.20. The summed E-state index contributed by atoms with van der Waals surface area (Å²) in [6.45, 7) is 3.47. The van der Waals surface area contributed by atoms with Gasteiger partial charge in [0.2, 0.25) is 0 Å². The molecule has 2 N–H and O–H groups in total. The highest BCUT2D eigenvalue weighted by atomic mass is 16.3. The fraction of sp³-hybridized carbons (Fsp3) is 0.643. The fourth-order valence-corrected chi connectivity index (χ4v) is 2.43. The standard InChI is InChI=1S/C14H22N2O/c1-12-5-6-13(10-16-12)9-15-11-14(17)7-3-2-4-8-14/h5-6,10,15,17H,2-4,7-9,11H2,1H3. The van der Waals surface area contributed by atoms with E-state index in [9.17, 15) is 5.11 Å². The Hall–Kier alpha value is -0.930. The largest absolute Gasteiger partial charge is 0.389 e. The van der Waals surface area contributed by atoms with Crippen LogP contribution in [0.3, 0.4) is 0 Å². The van der Waals surface area contributed by atoms with E-state index in [2.05, 4.69) is 16.4 Å². The van der Waals surface area contributed by atoms with E-state index in [1.54, 1.807) is 0 Å². The van der Waals surface area contributed by atoms with Gasteiger partial charge in [-0.2, -0.15) is 0 Å². The molecule has 3 nitrogen and oxygen atoms in total. The highest BCUT2D eigenvalue weighted by Gasteiger charge is 2.28. The van der Waals surface area contributed by atoms with Gasteiger partial charge in [-0.3, -0.25) is 4.98 Å². The molecule has 0 amide bonds. The Kier molecular flexibility index (Phi) is 4.13. The SMILES string of the molecule is Cc1ccc(CNCC2(O)CCCCC2)cn1. The third-order valence-corrected chi connectivity index (χ3v) is 3.54. The molecule has 1 fully saturated rings. The zero-order chi connectivity index (χ0) is 12.1. The summed E-state index contributed by atoms with van der Waals surface area (Å²) < 4.78 is 0. The van der Waals surface area contributed by atoms with Gasteiger partial charge in [-0.25, -0.2) is 0 Å². The predicted molar refractivity (Wildman–Crippen MR) is 68.7 cm³/mol. The third-order valence-electron chi connectivity index (χ3n) is 3.54. The second-order valence-corrected chi connectivity index (χ2v) is 5.20. The summed E-state index contributed by atoms with van der Waals surface area (Å²) in [5, 5.41) is 13.7. The Morgan fingerprint density at radius 1 is 1.29 bits per heavy atom. The lowest BCUT2D eigenvalue weighted by Crippen LogP contribution is -2.41. The van der Waals surface area contributed by atoms with Crippen molar-refractivity contribution < 1.29 is 5.11 Å². The van der Waals surface area contributed by atoms with Crippen LogP contribution < -0.4 is 5.32 Å². The number of rotatable bonds is 4. The number of nitrogens with zero attached hydrogens (tertiary/aromatic N) is 1. The minimum Gasteiger partial charge on any atom is -0.389 e. The van der Waals surface area contributed by atoms with Crippen LogP contribution in [0.25, 0.3) is 0 Å². The third kappa shape index (κ3) is 3.79. The van der Waals surface area contributed by atoms with Crippen LogP contribution in [-0.4, -0.2) is 22.2 Å². The molecule has 1 aliphatic carbocycles. The predicted octanol–water partition coefficient (Wildman–Crippen LogP) is 2.17. The van der Waals surface area contributed by atoms with Gasteiger partial charge >= 0.3 is 0 Å². The van der Waals surface area contributed by atoms with Gasteiger partial charge in [0.1, 0.15) is 0 Å². The van der Waals surface area contributed by atoms with E-state index >= 15 is 0 Å². The molecule has 1 heterocycles. The van der Waals surface area contributed by atoms with Gasteiger partial charge in [0, 0.05) is 25.0 Å². The summed E-state index contributed by atoms with van der Waals surface area (Å²) in [7, 11) is 0. The molecule has 17 heavy (non-hydrogen) atoms. The van der Waals surface area contributed by atoms with Crippen molar-refractivity contribution in [2.75, 3.05) is 6.54 Å². The molecular weight excluding hydrogens is 212 g/mol. The monoisotopic (exact) mass is 234 g/mol. The molecule has 0 saturated heterocycles. The van der Waals surface area contributed by atoms with Crippen molar-refractivity contribution >= 4 is 0 Å². The van der Waals surface area contributed by atoms with Gasteiger partial charge < -0.3 is 10.4 Å². The highest BCUT2D eigenvalue weighted by molar-refractivity contribution is 5.12. The number of aromatic nitrogens is 1. The molecule has 1 saturated carbocycles. The molecule has 1 aromatic rings. The first kappa shape index (κ1) is 12.5. The van der Waals surface area contributed by atoms with Gasteiger partial charge in [-0.1, -0.05) is 25.3 Å². The summed E-state index contributed by atoms with van der Waals surface area (Å²) in [4.78, 5) is 4.26. The number of aliphatic hydroxyl groups is 1. The first-order valence-electron chi connectivity index (χ1n) is 6.53. The molecular formula is C14H22N2O. The zero-order valence-electron chi connectivity index (χ0n) is 10.6. The van der Waals surface area contributed by atoms with Gasteiger partial charge in [0.25, 0.3) is 0 Å². The van der Waals surface area contributed by atoms with Gasteiger partial charge in [0.05, 0.1) is 5.60 Å². The molecule has 0 unspecified atom stereocenters. The summed E-state index contributed by atoms with van der Waals surface area (Å²) in [5.74, 6) is 0. The number of nitrogens with one attached hydrogen (secondary N) is 1. The molecule has 0 bridgehead atoms. The summed E-state index contributed by atoms with van der Waals surface area (Å²) in [5.41, 5.74) is 1.74. The quantitative estimate of drug-likeness (QED) is 0.839. The number of hydrogen-bond acceptors (Lipinski definition) is 3. The molecule has 1 aromatic heterocycles. The Morgan fingerprint density at radius 2 is 2.06 bits per heavy atom. The highest BCUT2D eigenvalue weighted by Crippen LogP contribution is 2.27. The molecule has 94 valence electrons. The van der Waals surface area contributed by atoms with Gasteiger partial charge in [-0.05, 0) is 31.4 Å². The van der Waals surface area contributed by atoms with Crippen LogP contribution in [0, 0.1) is 6.92 Å². The summed E-state index contributed by atoms with van der Waals surface area (Å²) in [6, 6.07) is 4.10. The minimum atomic E-state index is -0.476. The smallest absolute Gasteiger partial charge is 0.0771 e. The second kappa shape index (κ2) is 5.61. The Bertz CT molecular complexity index is 342. The number of hydrogen-bond donors (Lipinski definition) is 2. The molecule has 0 aliphatic heterocycles. The van der Waals surface area contributed by atoms with E-state index in [0.717, 1.165) is 37.9 Å². The van der Waals surface area contributed by atoms with Crippen LogP contribution >= 0.6 is 0 Å². The maximum absolute atomic E-state index is 10.3. The normalized spacial score (nSPS) is 19.2. The van der Waals surface area contributed by atoms with E-state index in [4.69, 9.17) is 0 Å². The van der Waals surface area contributed by atoms with Crippen molar-refractivity contribution in [3.05, 3.63) is 29.6 Å². The Balaban J connectivity index is 1.77. The average Bonchev–Trinajstić information content (AvgIpc) is 2.32. The van der Waals surface area contributed by atoms with E-state index in [1.807, 2.05) is 19.2 Å². The van der Waals surface area contributed by atoms with E-state index in [-0.39, 0.29) is 0 Å². The van der Waals surface area contributed by atoms with Crippen LogP contribution in [0.15, 0.2) is 18.3 Å². The van der Waals surface area contributed by atoms with E-state index in [1.165, 1.54) is 12.0 Å². The lowest BCUT2D eigenvalue weighted by atomic mass is 9.85. The minimum absolute atomic E-state index is 0.476. The summed E-state index contributed by atoms with van der Waals surface area (Å²) in [6.07, 6.45) is 7.35. The van der Waals surface area contributed by atoms with Crippen molar-refractivity contribution in [1.29, 1.82) is 0 Å². The van der Waals surface area contributed by atoms with E-state index < -0.39 is 5.60 Å². The molecule has 2 rings (SSSR count). The van der Waals surface area contributed by atoms with Crippen molar-refractivity contribution in [2.24, 2.45) is 0 Å². The van der Waals surface area contributed by atoms with Crippen LogP contribution in [0.1, 0.15) is 43.4 Å². The molecule has 0 aromatic carbocycles. The first-order valence-corrected chi connectivity index (χ1v) is 6.53. The van der Waals surface area contributed by atoms with Crippen LogP contribution in [0.5, 0.6) is 0 Å². The van der Waals surface area contributed by atoms with Gasteiger partial charge in [-0.15, -0.1) is 0 Å². The van der Waals surface area contributed by atoms with Crippen LogP contribution in [0.2, 0.25) is 0 Å². The topological polar surface area (TPSA) is 45.1 Å². The lowest BCUT2D eigenvalue weighted by Gasteiger charge is -2.32. The Labute approximate surface area is 103 Å².